The molecule has 1 N–H and O–H groups in total. The summed E-state index contributed by atoms with van der Waals surface area (Å²) in [6.45, 7) is 1.51. The monoisotopic (exact) mass is 465 g/mol. The molecule has 2 aromatic rings. The van der Waals surface area contributed by atoms with Gasteiger partial charge in [-0.2, -0.15) is 0 Å². The van der Waals surface area contributed by atoms with Gasteiger partial charge in [0.2, 0.25) is 17.7 Å². The van der Waals surface area contributed by atoms with Crippen molar-refractivity contribution in [3.8, 4) is 11.5 Å². The van der Waals surface area contributed by atoms with Crippen LogP contribution in [0.1, 0.15) is 18.4 Å². The van der Waals surface area contributed by atoms with Crippen LogP contribution in [-0.4, -0.2) is 48.4 Å². The van der Waals surface area contributed by atoms with Gasteiger partial charge in [0.25, 0.3) is 0 Å². The van der Waals surface area contributed by atoms with Gasteiger partial charge in [-0.1, -0.05) is 11.6 Å². The van der Waals surface area contributed by atoms with E-state index in [-0.39, 0.29) is 23.8 Å². The highest BCUT2D eigenvalue weighted by Gasteiger charge is 2.74. The SMILES string of the molecule is O=C1[C@H]2[C@@H](C(=O)N1c1ccc3c(c1)OCCO3)[C@@]1(C(=O)Nc3ccc(Cl)cc31)N1CCC[C@@H]21. The lowest BCUT2D eigenvalue weighted by molar-refractivity contribution is -0.135. The number of hydrogen-bond donors (Lipinski definition) is 1. The molecule has 0 saturated carbocycles. The van der Waals surface area contributed by atoms with E-state index in [9.17, 15) is 14.4 Å². The van der Waals surface area contributed by atoms with Crippen molar-refractivity contribution in [2.75, 3.05) is 30.0 Å². The van der Waals surface area contributed by atoms with E-state index in [1.165, 1.54) is 4.90 Å². The number of rotatable bonds is 1. The summed E-state index contributed by atoms with van der Waals surface area (Å²) in [4.78, 5) is 44.7. The quantitative estimate of drug-likeness (QED) is 0.651. The first-order chi connectivity index (χ1) is 16.0. The number of imide groups is 1. The lowest BCUT2D eigenvalue weighted by atomic mass is 9.75. The van der Waals surface area contributed by atoms with Crippen molar-refractivity contribution in [1.29, 1.82) is 0 Å². The van der Waals surface area contributed by atoms with Crippen LogP contribution < -0.4 is 19.7 Å². The van der Waals surface area contributed by atoms with Gasteiger partial charge in [0.1, 0.15) is 18.8 Å². The largest absolute Gasteiger partial charge is 0.486 e. The minimum Gasteiger partial charge on any atom is -0.486 e. The van der Waals surface area contributed by atoms with Crippen LogP contribution in [0.15, 0.2) is 36.4 Å². The Morgan fingerprint density at radius 1 is 1.00 bits per heavy atom. The molecule has 3 saturated heterocycles. The third-order valence-corrected chi connectivity index (χ3v) is 7.97. The molecule has 0 unspecified atom stereocenters. The zero-order chi connectivity index (χ0) is 22.5. The van der Waals surface area contributed by atoms with Crippen molar-refractivity contribution >= 4 is 40.7 Å². The first-order valence-electron chi connectivity index (χ1n) is 11.2. The summed E-state index contributed by atoms with van der Waals surface area (Å²) in [5.74, 6) is -1.21. The summed E-state index contributed by atoms with van der Waals surface area (Å²) in [7, 11) is 0. The van der Waals surface area contributed by atoms with Crippen LogP contribution in [0.25, 0.3) is 0 Å². The third-order valence-electron chi connectivity index (χ3n) is 7.74. The molecule has 3 fully saturated rings. The number of carbonyl (C=O) groups is 3. The van der Waals surface area contributed by atoms with Gasteiger partial charge in [-0.3, -0.25) is 19.3 Å². The van der Waals surface area contributed by atoms with Crippen molar-refractivity contribution in [2.45, 2.75) is 24.4 Å². The van der Waals surface area contributed by atoms with Gasteiger partial charge in [-0.25, -0.2) is 4.90 Å². The van der Waals surface area contributed by atoms with E-state index in [0.29, 0.717) is 53.2 Å². The molecule has 5 aliphatic heterocycles. The molecule has 168 valence electrons. The Bertz CT molecular complexity index is 1260. The van der Waals surface area contributed by atoms with Crippen molar-refractivity contribution < 1.29 is 23.9 Å². The highest BCUT2D eigenvalue weighted by molar-refractivity contribution is 6.31. The number of nitrogens with zero attached hydrogens (tertiary/aromatic N) is 2. The molecule has 3 amide bonds. The van der Waals surface area contributed by atoms with E-state index in [2.05, 4.69) is 10.2 Å². The molecule has 5 aliphatic rings. The first-order valence-corrected chi connectivity index (χ1v) is 11.6. The zero-order valence-electron chi connectivity index (χ0n) is 17.5. The highest BCUT2D eigenvalue weighted by Crippen LogP contribution is 2.61. The van der Waals surface area contributed by atoms with Gasteiger partial charge in [-0.15, -0.1) is 0 Å². The van der Waals surface area contributed by atoms with Gasteiger partial charge in [0.05, 0.1) is 17.5 Å². The Kier molecular flexibility index (Phi) is 3.81. The number of anilines is 2. The van der Waals surface area contributed by atoms with Crippen LogP contribution in [0.4, 0.5) is 11.4 Å². The molecule has 0 aliphatic carbocycles. The average molecular weight is 466 g/mol. The van der Waals surface area contributed by atoms with Crippen LogP contribution in [-0.2, 0) is 19.9 Å². The fraction of sp³-hybridized carbons (Fsp3) is 0.375. The molecule has 4 atom stereocenters. The van der Waals surface area contributed by atoms with Gasteiger partial charge in [0.15, 0.2) is 11.5 Å². The Morgan fingerprint density at radius 3 is 2.67 bits per heavy atom. The van der Waals surface area contributed by atoms with Crippen molar-refractivity contribution in [3.05, 3.63) is 47.0 Å². The predicted octanol–water partition coefficient (Wildman–Crippen LogP) is 2.54. The number of nitrogens with one attached hydrogen (secondary N) is 1. The second-order valence-electron chi connectivity index (χ2n) is 9.16. The summed E-state index contributed by atoms with van der Waals surface area (Å²) in [5, 5.41) is 3.45. The summed E-state index contributed by atoms with van der Waals surface area (Å²) in [6.07, 6.45) is 1.63. The summed E-state index contributed by atoms with van der Waals surface area (Å²) < 4.78 is 11.2. The number of ether oxygens (including phenoxy) is 2. The standard InChI is InChI=1S/C24H20ClN3O5/c25-12-3-5-15-14(10-12)24(23(31)26-15)20-19(16-2-1-7-27(16)24)21(29)28(22(20)30)13-4-6-17-18(11-13)33-9-8-32-17/h3-6,10-11,16,19-20H,1-2,7-9H2,(H,26,31)/t16-,19+,20-,24-/m0/s1. The minimum atomic E-state index is -1.23. The lowest BCUT2D eigenvalue weighted by Crippen LogP contribution is -2.54. The second-order valence-corrected chi connectivity index (χ2v) is 9.59. The number of hydrogen-bond acceptors (Lipinski definition) is 6. The van der Waals surface area contributed by atoms with Crippen LogP contribution >= 0.6 is 11.6 Å². The first kappa shape index (κ1) is 19.4. The predicted molar refractivity (Wildman–Crippen MR) is 118 cm³/mol. The van der Waals surface area contributed by atoms with Crippen molar-refractivity contribution in [2.24, 2.45) is 11.8 Å². The molecule has 9 heteroatoms. The number of halogens is 1. The van der Waals surface area contributed by atoms with Crippen LogP contribution in [0, 0.1) is 11.8 Å². The number of carbonyl (C=O) groups excluding carboxylic acids is 3. The molecular weight excluding hydrogens is 446 g/mol. The van der Waals surface area contributed by atoms with Crippen LogP contribution in [0.5, 0.6) is 11.5 Å². The van der Waals surface area contributed by atoms with E-state index in [1.807, 2.05) is 0 Å². The topological polar surface area (TPSA) is 88.2 Å². The Labute approximate surface area is 194 Å². The smallest absolute Gasteiger partial charge is 0.250 e. The van der Waals surface area contributed by atoms with Crippen molar-refractivity contribution in [1.82, 2.24) is 4.90 Å². The molecule has 5 heterocycles. The van der Waals surface area contributed by atoms with E-state index in [4.69, 9.17) is 21.1 Å². The molecule has 0 radical (unpaired) electrons. The molecule has 8 nitrogen and oxygen atoms in total. The maximum Gasteiger partial charge on any atom is 0.250 e. The minimum absolute atomic E-state index is 0.177. The maximum atomic E-state index is 14.0. The van der Waals surface area contributed by atoms with E-state index < -0.39 is 17.4 Å². The Hall–Kier alpha value is -3.10. The fourth-order valence-corrected chi connectivity index (χ4v) is 6.77. The molecular formula is C24H20ClN3O5. The molecule has 33 heavy (non-hydrogen) atoms. The highest BCUT2D eigenvalue weighted by atomic mass is 35.5. The summed E-state index contributed by atoms with van der Waals surface area (Å²) in [6, 6.07) is 10.2. The third kappa shape index (κ3) is 2.27. The molecule has 2 aromatic carbocycles. The Morgan fingerprint density at radius 2 is 1.82 bits per heavy atom. The van der Waals surface area contributed by atoms with E-state index in [0.717, 1.165) is 12.8 Å². The van der Waals surface area contributed by atoms with E-state index in [1.54, 1.807) is 36.4 Å². The number of amides is 3. The molecule has 0 bridgehead atoms. The molecule has 0 aromatic heterocycles. The van der Waals surface area contributed by atoms with Gasteiger partial charge in [0, 0.05) is 28.4 Å². The molecule has 1 spiro atoms. The number of fused-ring (bicyclic) bond motifs is 8. The van der Waals surface area contributed by atoms with Gasteiger partial charge >= 0.3 is 0 Å². The summed E-state index contributed by atoms with van der Waals surface area (Å²) >= 11 is 6.33. The maximum absolute atomic E-state index is 14.0. The lowest BCUT2D eigenvalue weighted by Gasteiger charge is -2.36. The average Bonchev–Trinajstić information content (AvgIpc) is 3.52. The zero-order valence-corrected chi connectivity index (χ0v) is 18.3. The second kappa shape index (κ2) is 6.48. The van der Waals surface area contributed by atoms with Crippen LogP contribution in [0.3, 0.4) is 0 Å². The van der Waals surface area contributed by atoms with Gasteiger partial charge < -0.3 is 14.8 Å². The van der Waals surface area contributed by atoms with Crippen molar-refractivity contribution in [3.63, 3.8) is 0 Å². The van der Waals surface area contributed by atoms with Gasteiger partial charge in [-0.05, 0) is 49.7 Å². The van der Waals surface area contributed by atoms with Crippen LogP contribution in [0.2, 0.25) is 5.02 Å². The number of benzene rings is 2. The fourth-order valence-electron chi connectivity index (χ4n) is 6.60. The van der Waals surface area contributed by atoms with E-state index >= 15 is 0 Å². The normalized spacial score (nSPS) is 31.7. The Balaban J connectivity index is 1.39. The summed E-state index contributed by atoms with van der Waals surface area (Å²) in [5.41, 5.74) is 0.535. The molecule has 7 rings (SSSR count).